The van der Waals surface area contributed by atoms with Crippen LogP contribution in [0, 0.1) is 11.8 Å². The number of hydrogen-bond donors (Lipinski definition) is 3. The van der Waals surface area contributed by atoms with Gasteiger partial charge < -0.3 is 20.1 Å². The smallest absolute Gasteiger partial charge is 0.303 e. The van der Waals surface area contributed by atoms with Crippen molar-refractivity contribution in [1.82, 2.24) is 10.5 Å². The second-order valence-electron chi connectivity index (χ2n) is 4.76. The van der Waals surface area contributed by atoms with Crippen LogP contribution in [0.1, 0.15) is 24.3 Å². The molecular weight excluding hydrogens is 236 g/mol. The van der Waals surface area contributed by atoms with E-state index in [0.717, 1.165) is 25.2 Å². The Labute approximate surface area is 105 Å². The highest BCUT2D eigenvalue weighted by Gasteiger charge is 2.27. The highest BCUT2D eigenvalue weighted by molar-refractivity contribution is 5.67. The Morgan fingerprint density at radius 2 is 2.39 bits per heavy atom. The largest absolute Gasteiger partial charge is 0.481 e. The van der Waals surface area contributed by atoms with E-state index < -0.39 is 5.97 Å². The zero-order valence-electron chi connectivity index (χ0n) is 10.1. The van der Waals surface area contributed by atoms with E-state index in [1.54, 1.807) is 6.07 Å². The number of nitrogens with zero attached hydrogens (tertiary/aromatic N) is 1. The van der Waals surface area contributed by atoms with Crippen molar-refractivity contribution in [3.8, 4) is 0 Å². The van der Waals surface area contributed by atoms with Gasteiger partial charge in [-0.25, -0.2) is 0 Å². The Hall–Kier alpha value is -1.40. The summed E-state index contributed by atoms with van der Waals surface area (Å²) >= 11 is 0. The third-order valence-electron chi connectivity index (χ3n) is 3.44. The van der Waals surface area contributed by atoms with Gasteiger partial charge in [-0.3, -0.25) is 4.79 Å². The van der Waals surface area contributed by atoms with Crippen LogP contribution < -0.4 is 5.32 Å². The maximum absolute atomic E-state index is 10.8. The maximum atomic E-state index is 10.8. The van der Waals surface area contributed by atoms with Crippen molar-refractivity contribution in [2.45, 2.75) is 25.9 Å². The zero-order chi connectivity index (χ0) is 13.0. The normalized spacial score (nSPS) is 24.1. The molecule has 2 heterocycles. The van der Waals surface area contributed by atoms with Crippen molar-refractivity contribution in [3.63, 3.8) is 0 Å². The first-order chi connectivity index (χ1) is 8.69. The van der Waals surface area contributed by atoms with Crippen LogP contribution >= 0.6 is 0 Å². The van der Waals surface area contributed by atoms with Gasteiger partial charge in [0.15, 0.2) is 5.76 Å². The molecule has 0 radical (unpaired) electrons. The molecule has 1 aliphatic rings. The number of carboxylic acids is 1. The average molecular weight is 254 g/mol. The number of aliphatic hydroxyl groups is 1. The molecule has 6 heteroatoms. The number of aliphatic carboxylic acids is 1. The Morgan fingerprint density at radius 3 is 3.06 bits per heavy atom. The van der Waals surface area contributed by atoms with Gasteiger partial charge in [0.1, 0.15) is 6.61 Å². The van der Waals surface area contributed by atoms with E-state index in [0.29, 0.717) is 12.2 Å². The quantitative estimate of drug-likeness (QED) is 0.704. The first-order valence-electron chi connectivity index (χ1n) is 6.17. The van der Waals surface area contributed by atoms with E-state index in [-0.39, 0.29) is 24.9 Å². The molecule has 3 N–H and O–H groups in total. The lowest BCUT2D eigenvalue weighted by Gasteiger charge is -2.30. The molecular formula is C12H18N2O4. The van der Waals surface area contributed by atoms with Gasteiger partial charge in [0, 0.05) is 12.5 Å². The predicted octanol–water partition coefficient (Wildman–Crippen LogP) is 0.410. The summed E-state index contributed by atoms with van der Waals surface area (Å²) in [6, 6.07) is 1.73. The number of nitrogens with one attached hydrogen (secondary N) is 1. The van der Waals surface area contributed by atoms with Crippen molar-refractivity contribution >= 4 is 5.97 Å². The Kier molecular flexibility index (Phi) is 4.33. The van der Waals surface area contributed by atoms with E-state index in [4.69, 9.17) is 14.7 Å². The lowest BCUT2D eigenvalue weighted by atomic mass is 9.81. The molecule has 0 aromatic carbocycles. The summed E-state index contributed by atoms with van der Waals surface area (Å²) in [6.07, 6.45) is 1.77. The van der Waals surface area contributed by atoms with E-state index in [2.05, 4.69) is 10.5 Å². The molecule has 0 aliphatic carbocycles. The summed E-state index contributed by atoms with van der Waals surface area (Å²) in [6.45, 7) is 1.52. The minimum absolute atomic E-state index is 0.158. The second kappa shape index (κ2) is 5.97. The maximum Gasteiger partial charge on any atom is 0.303 e. The van der Waals surface area contributed by atoms with Crippen molar-refractivity contribution < 1.29 is 19.5 Å². The van der Waals surface area contributed by atoms with Gasteiger partial charge in [-0.15, -0.1) is 0 Å². The minimum atomic E-state index is -0.747. The number of piperidine rings is 1. The summed E-state index contributed by atoms with van der Waals surface area (Å²) in [4.78, 5) is 10.8. The number of aliphatic hydroxyl groups excluding tert-OH is 1. The molecule has 0 unspecified atom stereocenters. The SMILES string of the molecule is O=C(O)C[C@@H]1CCNC[C@@H]1Cc1cc(CO)on1. The van der Waals surface area contributed by atoms with Gasteiger partial charge in [-0.2, -0.15) is 0 Å². The first-order valence-corrected chi connectivity index (χ1v) is 6.17. The Morgan fingerprint density at radius 1 is 1.56 bits per heavy atom. The second-order valence-corrected chi connectivity index (χ2v) is 4.76. The van der Waals surface area contributed by atoms with Crippen molar-refractivity contribution in [1.29, 1.82) is 0 Å². The van der Waals surface area contributed by atoms with E-state index in [9.17, 15) is 4.79 Å². The van der Waals surface area contributed by atoms with Crippen LogP contribution in [0.3, 0.4) is 0 Å². The van der Waals surface area contributed by atoms with Crippen LogP contribution in [-0.2, 0) is 17.8 Å². The van der Waals surface area contributed by atoms with E-state index in [1.165, 1.54) is 0 Å². The Bertz CT molecular complexity index is 405. The standard InChI is InChI=1S/C12H18N2O4/c15-7-11-5-10(14-18-11)3-9-6-13-2-1-8(9)4-12(16)17/h5,8-9,13,15H,1-4,6-7H2,(H,16,17)/t8-,9-/m0/s1. The molecule has 1 aliphatic heterocycles. The molecule has 1 saturated heterocycles. The number of carboxylic acid groups (broad SMARTS) is 1. The van der Waals surface area contributed by atoms with Gasteiger partial charge in [-0.05, 0) is 37.8 Å². The highest BCUT2D eigenvalue weighted by Crippen LogP contribution is 2.26. The summed E-state index contributed by atoms with van der Waals surface area (Å²) in [5.74, 6) is 0.135. The van der Waals surface area contributed by atoms with Gasteiger partial charge in [0.25, 0.3) is 0 Å². The van der Waals surface area contributed by atoms with Crippen LogP contribution in [0.2, 0.25) is 0 Å². The lowest BCUT2D eigenvalue weighted by molar-refractivity contribution is -0.138. The monoisotopic (exact) mass is 254 g/mol. The lowest BCUT2D eigenvalue weighted by Crippen LogP contribution is -2.38. The summed E-state index contributed by atoms with van der Waals surface area (Å²) in [7, 11) is 0. The van der Waals surface area contributed by atoms with Crippen molar-refractivity contribution in [2.75, 3.05) is 13.1 Å². The van der Waals surface area contributed by atoms with Crippen molar-refractivity contribution in [2.24, 2.45) is 11.8 Å². The molecule has 0 spiro atoms. The molecule has 2 rings (SSSR count). The number of carbonyl (C=O) groups is 1. The molecule has 1 aromatic rings. The third kappa shape index (κ3) is 3.30. The van der Waals surface area contributed by atoms with Gasteiger partial charge in [0.05, 0.1) is 5.69 Å². The number of aromatic nitrogens is 1. The fourth-order valence-electron chi connectivity index (χ4n) is 2.50. The van der Waals surface area contributed by atoms with E-state index in [1.807, 2.05) is 0 Å². The molecule has 100 valence electrons. The molecule has 18 heavy (non-hydrogen) atoms. The average Bonchev–Trinajstić information content (AvgIpc) is 2.79. The third-order valence-corrected chi connectivity index (χ3v) is 3.44. The van der Waals surface area contributed by atoms with E-state index >= 15 is 0 Å². The van der Waals surface area contributed by atoms with Crippen LogP contribution in [0.5, 0.6) is 0 Å². The summed E-state index contributed by atoms with van der Waals surface area (Å²) in [5.41, 5.74) is 0.781. The Balaban J connectivity index is 1.98. The predicted molar refractivity (Wildman–Crippen MR) is 62.8 cm³/mol. The fraction of sp³-hybridized carbons (Fsp3) is 0.667. The summed E-state index contributed by atoms with van der Waals surface area (Å²) in [5, 5.41) is 25.0. The fourth-order valence-corrected chi connectivity index (χ4v) is 2.50. The number of rotatable bonds is 5. The molecule has 2 atom stereocenters. The van der Waals surface area contributed by atoms with Crippen LogP contribution in [0.15, 0.2) is 10.6 Å². The van der Waals surface area contributed by atoms with Gasteiger partial charge >= 0.3 is 5.97 Å². The molecule has 0 bridgehead atoms. The van der Waals surface area contributed by atoms with Crippen LogP contribution in [-0.4, -0.2) is 34.4 Å². The first kappa shape index (κ1) is 13.0. The molecule has 6 nitrogen and oxygen atoms in total. The topological polar surface area (TPSA) is 95.6 Å². The van der Waals surface area contributed by atoms with Gasteiger partial charge in [-0.1, -0.05) is 5.16 Å². The van der Waals surface area contributed by atoms with Crippen LogP contribution in [0.25, 0.3) is 0 Å². The molecule has 1 fully saturated rings. The molecule has 0 saturated carbocycles. The summed E-state index contributed by atoms with van der Waals surface area (Å²) < 4.78 is 4.93. The molecule has 0 amide bonds. The van der Waals surface area contributed by atoms with Gasteiger partial charge in [0.2, 0.25) is 0 Å². The molecule has 1 aromatic heterocycles. The number of hydrogen-bond acceptors (Lipinski definition) is 5. The van der Waals surface area contributed by atoms with Crippen molar-refractivity contribution in [3.05, 3.63) is 17.5 Å². The minimum Gasteiger partial charge on any atom is -0.481 e. The van der Waals surface area contributed by atoms with Crippen LogP contribution in [0.4, 0.5) is 0 Å². The zero-order valence-corrected chi connectivity index (χ0v) is 10.1. The highest BCUT2D eigenvalue weighted by atomic mass is 16.5.